The molecule has 4 aliphatic carbocycles. The number of aryl methyl sites for hydroxylation is 1. The first-order valence-corrected chi connectivity index (χ1v) is 15.2. The predicted octanol–water partition coefficient (Wildman–Crippen LogP) is 4.64. The number of thioether (sulfide) groups is 1. The van der Waals surface area contributed by atoms with Crippen molar-refractivity contribution in [3.8, 4) is 0 Å². The monoisotopic (exact) mass is 554 g/mol. The van der Waals surface area contributed by atoms with Gasteiger partial charge in [-0.2, -0.15) is 5.10 Å². The van der Waals surface area contributed by atoms with Crippen LogP contribution < -0.4 is 10.9 Å². The highest BCUT2D eigenvalue weighted by atomic mass is 32.2. The molecule has 1 amide bonds. The quantitative estimate of drug-likeness (QED) is 0.335. The zero-order valence-electron chi connectivity index (χ0n) is 23.0. The van der Waals surface area contributed by atoms with E-state index >= 15 is 0 Å². The molecule has 4 saturated carbocycles. The molecule has 2 heterocycles. The van der Waals surface area contributed by atoms with Gasteiger partial charge in [0.25, 0.3) is 11.5 Å². The fraction of sp³-hybridized carbons (Fsp3) is 0.452. The number of hydrogen-bond acceptors (Lipinski definition) is 6. The van der Waals surface area contributed by atoms with E-state index in [1.54, 1.807) is 18.8 Å². The van der Waals surface area contributed by atoms with Crippen molar-refractivity contribution in [2.45, 2.75) is 61.4 Å². The van der Waals surface area contributed by atoms with Crippen LogP contribution in [0.5, 0.6) is 0 Å². The molecule has 4 aromatic rings. The van der Waals surface area contributed by atoms with Gasteiger partial charge in [-0.3, -0.25) is 9.59 Å². The number of amides is 1. The molecular weight excluding hydrogens is 520 g/mol. The van der Waals surface area contributed by atoms with E-state index in [1.165, 1.54) is 23.9 Å². The van der Waals surface area contributed by atoms with Gasteiger partial charge >= 0.3 is 0 Å². The second-order valence-corrected chi connectivity index (χ2v) is 13.1. The summed E-state index contributed by atoms with van der Waals surface area (Å²) < 4.78 is 3.37. The van der Waals surface area contributed by atoms with E-state index in [9.17, 15) is 9.59 Å². The minimum absolute atomic E-state index is 0.0273. The van der Waals surface area contributed by atoms with Crippen LogP contribution in [0.25, 0.3) is 10.8 Å². The Morgan fingerprint density at radius 2 is 1.60 bits per heavy atom. The number of nitrogens with one attached hydrogen (secondary N) is 1. The van der Waals surface area contributed by atoms with Gasteiger partial charge in [0.1, 0.15) is 5.82 Å². The van der Waals surface area contributed by atoms with E-state index < -0.39 is 0 Å². The number of rotatable bonds is 7. The molecule has 4 aliphatic rings. The van der Waals surface area contributed by atoms with E-state index in [0.717, 1.165) is 76.0 Å². The van der Waals surface area contributed by atoms with Crippen LogP contribution in [-0.2, 0) is 26.3 Å². The predicted molar refractivity (Wildman–Crippen MR) is 155 cm³/mol. The first-order chi connectivity index (χ1) is 19.4. The molecule has 2 aromatic carbocycles. The van der Waals surface area contributed by atoms with Gasteiger partial charge < -0.3 is 9.88 Å². The minimum Gasteiger partial charge on any atom is -0.347 e. The van der Waals surface area contributed by atoms with Crippen molar-refractivity contribution in [1.29, 1.82) is 0 Å². The van der Waals surface area contributed by atoms with Gasteiger partial charge in [0, 0.05) is 36.3 Å². The molecule has 9 heteroatoms. The van der Waals surface area contributed by atoms with E-state index in [-0.39, 0.29) is 17.0 Å². The van der Waals surface area contributed by atoms with Crippen LogP contribution >= 0.6 is 11.8 Å². The Bertz CT molecular complexity index is 1620. The molecule has 0 saturated heterocycles. The number of carbonyl (C=O) groups excluding carboxylic acids is 1. The summed E-state index contributed by atoms with van der Waals surface area (Å²) in [6.45, 7) is 0. The molecule has 1 N–H and O–H groups in total. The molecule has 40 heavy (non-hydrogen) atoms. The summed E-state index contributed by atoms with van der Waals surface area (Å²) in [5.41, 5.74) is 2.59. The molecule has 4 fully saturated rings. The summed E-state index contributed by atoms with van der Waals surface area (Å²) >= 11 is 1.61. The highest BCUT2D eigenvalue weighted by Crippen LogP contribution is 2.55. The SMILES string of the molecule is Cn1c(Cc2nn(C)c(=O)c3ccccc23)nnc1SCc1ccc(C(=O)NC23CC4CC(CC(C4)C2)C3)cc1. The third kappa shape index (κ3) is 4.64. The van der Waals surface area contributed by atoms with Crippen molar-refractivity contribution in [1.82, 2.24) is 29.9 Å². The first-order valence-electron chi connectivity index (χ1n) is 14.2. The minimum atomic E-state index is -0.107. The van der Waals surface area contributed by atoms with Crippen LogP contribution in [0.3, 0.4) is 0 Å². The van der Waals surface area contributed by atoms with Crippen LogP contribution in [0.2, 0.25) is 0 Å². The Balaban J connectivity index is 0.999. The summed E-state index contributed by atoms with van der Waals surface area (Å²) in [6, 6.07) is 15.5. The summed E-state index contributed by atoms with van der Waals surface area (Å²) in [5, 5.41) is 19.1. The molecular formula is C31H34N6O2S. The van der Waals surface area contributed by atoms with Crippen LogP contribution in [0.15, 0.2) is 58.5 Å². The molecule has 0 spiro atoms. The molecule has 8 rings (SSSR count). The van der Waals surface area contributed by atoms with Crippen molar-refractivity contribution in [3.63, 3.8) is 0 Å². The van der Waals surface area contributed by atoms with Crippen molar-refractivity contribution in [3.05, 3.63) is 81.5 Å². The highest BCUT2D eigenvalue weighted by Gasteiger charge is 2.51. The maximum Gasteiger partial charge on any atom is 0.274 e. The topological polar surface area (TPSA) is 94.7 Å². The van der Waals surface area contributed by atoms with Gasteiger partial charge in [-0.1, -0.05) is 42.1 Å². The van der Waals surface area contributed by atoms with E-state index in [0.29, 0.717) is 11.8 Å². The van der Waals surface area contributed by atoms with Crippen molar-refractivity contribution in [2.24, 2.45) is 31.8 Å². The Kier molecular flexibility index (Phi) is 6.29. The maximum atomic E-state index is 13.2. The molecule has 206 valence electrons. The molecule has 2 aromatic heterocycles. The fourth-order valence-corrected chi connectivity index (χ4v) is 8.64. The van der Waals surface area contributed by atoms with Crippen LogP contribution in [-0.4, -0.2) is 36.0 Å². The fourth-order valence-electron chi connectivity index (χ4n) is 7.76. The van der Waals surface area contributed by atoms with Gasteiger partial charge in [0.2, 0.25) is 0 Å². The normalized spacial score (nSPS) is 25.0. The number of nitrogens with zero attached hydrogens (tertiary/aromatic N) is 5. The van der Waals surface area contributed by atoms with E-state index in [2.05, 4.69) is 20.6 Å². The Morgan fingerprint density at radius 1 is 0.950 bits per heavy atom. The number of benzene rings is 2. The number of carbonyl (C=O) groups is 1. The Morgan fingerprint density at radius 3 is 2.27 bits per heavy atom. The summed E-state index contributed by atoms with van der Waals surface area (Å²) in [4.78, 5) is 25.6. The average Bonchev–Trinajstić information content (AvgIpc) is 3.28. The Hall–Kier alpha value is -3.46. The van der Waals surface area contributed by atoms with Gasteiger partial charge in [-0.25, -0.2) is 4.68 Å². The molecule has 0 unspecified atom stereocenters. The summed E-state index contributed by atoms with van der Waals surface area (Å²) in [7, 11) is 3.63. The van der Waals surface area contributed by atoms with Gasteiger partial charge in [0.05, 0.1) is 17.5 Å². The van der Waals surface area contributed by atoms with Crippen LogP contribution in [0.1, 0.15) is 66.0 Å². The highest BCUT2D eigenvalue weighted by molar-refractivity contribution is 7.98. The zero-order valence-corrected chi connectivity index (χ0v) is 23.8. The first kappa shape index (κ1) is 25.5. The molecule has 0 atom stereocenters. The smallest absolute Gasteiger partial charge is 0.274 e. The average molecular weight is 555 g/mol. The maximum absolute atomic E-state index is 13.2. The second kappa shape index (κ2) is 9.87. The van der Waals surface area contributed by atoms with Crippen molar-refractivity contribution < 1.29 is 4.79 Å². The van der Waals surface area contributed by atoms with Crippen molar-refractivity contribution in [2.75, 3.05) is 0 Å². The summed E-state index contributed by atoms with van der Waals surface area (Å²) in [5.74, 6) is 4.01. The lowest BCUT2D eigenvalue weighted by Gasteiger charge is -2.56. The molecule has 4 bridgehead atoms. The number of hydrogen-bond donors (Lipinski definition) is 1. The largest absolute Gasteiger partial charge is 0.347 e. The third-order valence-corrected chi connectivity index (χ3v) is 10.4. The van der Waals surface area contributed by atoms with Crippen molar-refractivity contribution >= 4 is 28.4 Å². The van der Waals surface area contributed by atoms with Gasteiger partial charge in [0.15, 0.2) is 5.16 Å². The number of aromatic nitrogens is 5. The standard InChI is InChI=1S/C31H34N6O2S/c1-36-27(14-26-24-5-3-4-6-25(24)29(39)37(2)35-26)33-34-30(36)40-18-19-7-9-23(10-8-19)28(38)32-31-15-20-11-21(16-31)13-22(12-20)17-31/h3-10,20-22H,11-18H2,1-2H3,(H,32,38). The van der Waals surface area contributed by atoms with Crippen LogP contribution in [0.4, 0.5) is 0 Å². The Labute approximate surface area is 237 Å². The zero-order chi connectivity index (χ0) is 27.4. The van der Waals surface area contributed by atoms with E-state index in [1.807, 2.05) is 60.1 Å². The number of fused-ring (bicyclic) bond motifs is 1. The lowest BCUT2D eigenvalue weighted by atomic mass is 9.53. The van der Waals surface area contributed by atoms with E-state index in [4.69, 9.17) is 0 Å². The summed E-state index contributed by atoms with van der Waals surface area (Å²) in [6.07, 6.45) is 8.07. The second-order valence-electron chi connectivity index (χ2n) is 12.2. The molecule has 8 nitrogen and oxygen atoms in total. The molecule has 0 radical (unpaired) electrons. The lowest BCUT2D eigenvalue weighted by Crippen LogP contribution is -2.59. The third-order valence-electron chi connectivity index (χ3n) is 9.28. The molecule has 0 aliphatic heterocycles. The van der Waals surface area contributed by atoms with Crippen LogP contribution in [0, 0.1) is 17.8 Å². The van der Waals surface area contributed by atoms with Gasteiger partial charge in [-0.15, -0.1) is 10.2 Å². The lowest BCUT2D eigenvalue weighted by molar-refractivity contribution is -0.0167. The van der Waals surface area contributed by atoms with Gasteiger partial charge in [-0.05, 0) is 80.0 Å².